The number of carbonyl (C=O) groups is 2. The van der Waals surface area contributed by atoms with Crippen molar-refractivity contribution in [3.63, 3.8) is 0 Å². The summed E-state index contributed by atoms with van der Waals surface area (Å²) in [6.45, 7) is 2.97. The van der Waals surface area contributed by atoms with E-state index >= 15 is 0 Å². The van der Waals surface area contributed by atoms with E-state index in [-0.39, 0.29) is 37.2 Å². The van der Waals surface area contributed by atoms with E-state index in [0.29, 0.717) is 6.54 Å². The highest BCUT2D eigenvalue weighted by Gasteiger charge is 2.30. The summed E-state index contributed by atoms with van der Waals surface area (Å²) in [5, 5.41) is 0. The second-order valence-corrected chi connectivity index (χ2v) is 6.91. The minimum Gasteiger partial charge on any atom is -0.383 e. The van der Waals surface area contributed by atoms with E-state index < -0.39 is 11.7 Å². The molecule has 1 atom stereocenters. The van der Waals surface area contributed by atoms with Crippen molar-refractivity contribution in [1.29, 1.82) is 0 Å². The smallest absolute Gasteiger partial charge is 0.257 e. The van der Waals surface area contributed by atoms with Crippen LogP contribution in [0.4, 0.5) is 4.39 Å². The third-order valence-electron chi connectivity index (χ3n) is 5.20. The van der Waals surface area contributed by atoms with Gasteiger partial charge in [-0.2, -0.15) is 0 Å². The van der Waals surface area contributed by atoms with Gasteiger partial charge in [-0.05, 0) is 36.6 Å². The van der Waals surface area contributed by atoms with Gasteiger partial charge < -0.3 is 14.5 Å². The summed E-state index contributed by atoms with van der Waals surface area (Å²) in [6.07, 6.45) is 0.783. The van der Waals surface area contributed by atoms with Crippen LogP contribution in [-0.2, 0) is 16.0 Å². The molecule has 3 rings (SSSR count). The topological polar surface area (TPSA) is 49.9 Å². The number of carbonyl (C=O) groups excluding carboxylic acids is 2. The molecule has 0 saturated carbocycles. The van der Waals surface area contributed by atoms with Gasteiger partial charge in [-0.1, -0.05) is 36.4 Å². The van der Waals surface area contributed by atoms with Crippen molar-refractivity contribution in [1.82, 2.24) is 9.80 Å². The Bertz CT molecular complexity index is 855. The summed E-state index contributed by atoms with van der Waals surface area (Å²) in [7, 11) is 1.53. The van der Waals surface area contributed by atoms with Crippen molar-refractivity contribution in [3.8, 4) is 0 Å². The maximum Gasteiger partial charge on any atom is 0.257 e. The Morgan fingerprint density at radius 2 is 1.89 bits per heavy atom. The molecular weight excluding hydrogens is 359 g/mol. The van der Waals surface area contributed by atoms with Crippen molar-refractivity contribution in [3.05, 3.63) is 71.0 Å². The van der Waals surface area contributed by atoms with Crippen LogP contribution in [0.5, 0.6) is 0 Å². The summed E-state index contributed by atoms with van der Waals surface area (Å²) in [5.74, 6) is -1.25. The van der Waals surface area contributed by atoms with Gasteiger partial charge in [0, 0.05) is 20.2 Å². The average Bonchev–Trinajstić information content (AvgIpc) is 2.71. The second-order valence-electron chi connectivity index (χ2n) is 6.91. The second kappa shape index (κ2) is 8.97. The maximum atomic E-state index is 14.1. The van der Waals surface area contributed by atoms with Crippen LogP contribution in [-0.4, -0.2) is 55.0 Å². The molecule has 0 fully saturated rings. The first-order valence-corrected chi connectivity index (χ1v) is 9.43. The number of methoxy groups -OCH3 is 1. The number of benzene rings is 2. The predicted molar refractivity (Wildman–Crippen MR) is 104 cm³/mol. The first-order chi connectivity index (χ1) is 13.5. The van der Waals surface area contributed by atoms with Gasteiger partial charge in [0.25, 0.3) is 5.91 Å². The first-order valence-electron chi connectivity index (χ1n) is 9.43. The van der Waals surface area contributed by atoms with Crippen LogP contribution in [0.2, 0.25) is 0 Å². The number of fused-ring (bicyclic) bond motifs is 1. The summed E-state index contributed by atoms with van der Waals surface area (Å²) < 4.78 is 19.1. The molecule has 2 aromatic carbocycles. The van der Waals surface area contributed by atoms with E-state index in [0.717, 1.165) is 12.0 Å². The molecule has 2 aromatic rings. The summed E-state index contributed by atoms with van der Waals surface area (Å²) in [4.78, 5) is 29.0. The Morgan fingerprint density at radius 1 is 1.18 bits per heavy atom. The lowest BCUT2D eigenvalue weighted by Gasteiger charge is -2.36. The lowest BCUT2D eigenvalue weighted by molar-refractivity contribution is -0.134. The standard InChI is InChI=1S/C22H25FN2O3/c1-16-18-8-4-3-7-17(18)11-12-25(16)21(26)15-24(13-14-28-2)22(27)19-9-5-6-10-20(19)23/h3-10,16H,11-15H2,1-2H3. The van der Waals surface area contributed by atoms with Crippen LogP contribution >= 0.6 is 0 Å². The zero-order chi connectivity index (χ0) is 20.1. The largest absolute Gasteiger partial charge is 0.383 e. The molecule has 0 aromatic heterocycles. The fourth-order valence-corrected chi connectivity index (χ4v) is 3.63. The molecule has 0 N–H and O–H groups in total. The number of rotatable bonds is 6. The van der Waals surface area contributed by atoms with E-state index in [9.17, 15) is 14.0 Å². The van der Waals surface area contributed by atoms with E-state index in [1.54, 1.807) is 11.0 Å². The lowest BCUT2D eigenvalue weighted by Crippen LogP contribution is -2.47. The number of hydrogen-bond donors (Lipinski definition) is 0. The number of hydrogen-bond acceptors (Lipinski definition) is 3. The van der Waals surface area contributed by atoms with Crippen LogP contribution in [0.1, 0.15) is 34.5 Å². The molecule has 0 bridgehead atoms. The van der Waals surface area contributed by atoms with Gasteiger partial charge in [0.1, 0.15) is 12.4 Å². The molecule has 148 valence electrons. The van der Waals surface area contributed by atoms with Crippen LogP contribution in [0.25, 0.3) is 0 Å². The van der Waals surface area contributed by atoms with Crippen LogP contribution < -0.4 is 0 Å². The molecule has 1 aliphatic heterocycles. The zero-order valence-corrected chi connectivity index (χ0v) is 16.2. The van der Waals surface area contributed by atoms with Crippen LogP contribution in [0.3, 0.4) is 0 Å². The Hall–Kier alpha value is -2.73. The van der Waals surface area contributed by atoms with Gasteiger partial charge in [-0.15, -0.1) is 0 Å². The predicted octanol–water partition coefficient (Wildman–Crippen LogP) is 3.06. The lowest BCUT2D eigenvalue weighted by atomic mass is 9.93. The molecule has 0 spiro atoms. The molecule has 1 unspecified atom stereocenters. The van der Waals surface area contributed by atoms with E-state index in [1.165, 1.54) is 35.8 Å². The van der Waals surface area contributed by atoms with Crippen LogP contribution in [0.15, 0.2) is 48.5 Å². The number of ether oxygens (including phenoxy) is 1. The van der Waals surface area contributed by atoms with Crippen LogP contribution in [0, 0.1) is 5.82 Å². The van der Waals surface area contributed by atoms with E-state index in [2.05, 4.69) is 6.07 Å². The fourth-order valence-electron chi connectivity index (χ4n) is 3.63. The van der Waals surface area contributed by atoms with Gasteiger partial charge in [0.2, 0.25) is 5.91 Å². The molecule has 0 saturated heterocycles. The molecule has 1 aliphatic rings. The summed E-state index contributed by atoms with van der Waals surface area (Å²) in [5.41, 5.74) is 2.34. The zero-order valence-electron chi connectivity index (χ0n) is 16.2. The summed E-state index contributed by atoms with van der Waals surface area (Å²) in [6, 6.07) is 13.8. The minimum absolute atomic E-state index is 0.0385. The Balaban J connectivity index is 1.77. The number of halogens is 1. The fraction of sp³-hybridized carbons (Fsp3) is 0.364. The van der Waals surface area contributed by atoms with Gasteiger partial charge in [-0.25, -0.2) is 4.39 Å². The third-order valence-corrected chi connectivity index (χ3v) is 5.20. The van der Waals surface area contributed by atoms with Crippen molar-refractivity contribution in [2.45, 2.75) is 19.4 Å². The first kappa shape index (κ1) is 20.0. The number of amides is 2. The van der Waals surface area contributed by atoms with Gasteiger partial charge in [0.05, 0.1) is 18.2 Å². The van der Waals surface area contributed by atoms with Crippen molar-refractivity contribution in [2.24, 2.45) is 0 Å². The highest BCUT2D eigenvalue weighted by Crippen LogP contribution is 2.29. The molecule has 5 nitrogen and oxygen atoms in total. The molecular formula is C22H25FN2O3. The summed E-state index contributed by atoms with van der Waals surface area (Å²) >= 11 is 0. The SMILES string of the molecule is COCCN(CC(=O)N1CCc2ccccc2C1C)C(=O)c1ccccc1F. The van der Waals surface area contributed by atoms with E-state index in [1.807, 2.05) is 25.1 Å². The van der Waals surface area contributed by atoms with Gasteiger partial charge >= 0.3 is 0 Å². The average molecular weight is 384 g/mol. The van der Waals surface area contributed by atoms with Gasteiger partial charge in [0.15, 0.2) is 0 Å². The minimum atomic E-state index is -0.595. The quantitative estimate of drug-likeness (QED) is 0.769. The Labute approximate surface area is 164 Å². The monoisotopic (exact) mass is 384 g/mol. The Morgan fingerprint density at radius 3 is 2.64 bits per heavy atom. The van der Waals surface area contributed by atoms with Gasteiger partial charge in [-0.3, -0.25) is 9.59 Å². The molecule has 0 aliphatic carbocycles. The molecule has 2 amide bonds. The Kier molecular flexibility index (Phi) is 6.41. The molecule has 1 heterocycles. The molecule has 28 heavy (non-hydrogen) atoms. The highest BCUT2D eigenvalue weighted by molar-refractivity contribution is 5.96. The third kappa shape index (κ3) is 4.22. The van der Waals surface area contributed by atoms with Crippen molar-refractivity contribution in [2.75, 3.05) is 33.4 Å². The van der Waals surface area contributed by atoms with E-state index in [4.69, 9.17) is 4.74 Å². The maximum absolute atomic E-state index is 14.1. The van der Waals surface area contributed by atoms with Crippen molar-refractivity contribution >= 4 is 11.8 Å². The number of nitrogens with zero attached hydrogens (tertiary/aromatic N) is 2. The molecule has 0 radical (unpaired) electrons. The highest BCUT2D eigenvalue weighted by atomic mass is 19.1. The molecule has 6 heteroatoms. The normalized spacial score (nSPS) is 15.8. The van der Waals surface area contributed by atoms with Crippen molar-refractivity contribution < 1.29 is 18.7 Å².